The summed E-state index contributed by atoms with van der Waals surface area (Å²) in [5.41, 5.74) is 2.93. The van der Waals surface area contributed by atoms with Gasteiger partial charge in [0.15, 0.2) is 4.34 Å². The lowest BCUT2D eigenvalue weighted by Gasteiger charge is -2.28. The molecule has 0 saturated carbocycles. The summed E-state index contributed by atoms with van der Waals surface area (Å²) in [4.78, 5) is 13.3. The Balaban J connectivity index is 1.49. The number of nitrogens with one attached hydrogen (secondary N) is 1. The van der Waals surface area contributed by atoms with E-state index in [0.29, 0.717) is 35.3 Å². The van der Waals surface area contributed by atoms with Gasteiger partial charge in [0.1, 0.15) is 16.8 Å². The molecule has 0 aliphatic carbocycles. The minimum absolute atomic E-state index is 0.244. The number of aromatic nitrogens is 6. The molecule has 3 heterocycles. The van der Waals surface area contributed by atoms with E-state index < -0.39 is 12.0 Å². The molecule has 0 amide bonds. The van der Waals surface area contributed by atoms with E-state index in [1.165, 1.54) is 23.1 Å². The van der Waals surface area contributed by atoms with Crippen LogP contribution in [0.4, 0.5) is 5.95 Å². The van der Waals surface area contributed by atoms with Crippen LogP contribution in [0.1, 0.15) is 31.9 Å². The Labute approximate surface area is 222 Å². The fourth-order valence-electron chi connectivity index (χ4n) is 3.90. The first-order chi connectivity index (χ1) is 18.2. The predicted molar refractivity (Wildman–Crippen MR) is 142 cm³/mol. The normalized spacial score (nSPS) is 14.7. The molecule has 10 nitrogen and oxygen atoms in total. The first kappa shape index (κ1) is 24.9. The van der Waals surface area contributed by atoms with Gasteiger partial charge in [0.05, 0.1) is 18.8 Å². The molecule has 12 heteroatoms. The molecule has 37 heavy (non-hydrogen) atoms. The lowest BCUT2D eigenvalue weighted by molar-refractivity contribution is -0.139. The second kappa shape index (κ2) is 11.5. The molecular formula is C25H25N7O3S2. The van der Waals surface area contributed by atoms with Crippen molar-refractivity contribution in [3.8, 4) is 16.3 Å². The summed E-state index contributed by atoms with van der Waals surface area (Å²) in [5.74, 6) is 1.15. The first-order valence-electron chi connectivity index (χ1n) is 11.9. The molecule has 0 bridgehead atoms. The smallest absolute Gasteiger partial charge is 0.338 e. The molecule has 0 spiro atoms. The molecule has 1 aliphatic rings. The average Bonchev–Trinajstić information content (AvgIpc) is 3.60. The number of hydrogen-bond acceptors (Lipinski definition) is 11. The van der Waals surface area contributed by atoms with E-state index in [1.807, 2.05) is 54.6 Å². The number of benzene rings is 2. The van der Waals surface area contributed by atoms with E-state index in [0.717, 1.165) is 26.9 Å². The Morgan fingerprint density at radius 2 is 1.97 bits per heavy atom. The van der Waals surface area contributed by atoms with Crippen molar-refractivity contribution in [1.29, 1.82) is 0 Å². The molecule has 2 aromatic carbocycles. The van der Waals surface area contributed by atoms with Gasteiger partial charge in [-0.3, -0.25) is 0 Å². The van der Waals surface area contributed by atoms with E-state index in [9.17, 15) is 4.79 Å². The van der Waals surface area contributed by atoms with E-state index in [2.05, 4.69) is 38.0 Å². The van der Waals surface area contributed by atoms with Crippen LogP contribution in [-0.2, 0) is 9.53 Å². The maximum Gasteiger partial charge on any atom is 0.338 e. The fraction of sp³-hybridized carbons (Fsp3) is 0.280. The van der Waals surface area contributed by atoms with E-state index in [-0.39, 0.29) is 6.61 Å². The Morgan fingerprint density at radius 3 is 2.78 bits per heavy atom. The third-order valence-corrected chi connectivity index (χ3v) is 7.64. The Morgan fingerprint density at radius 1 is 1.11 bits per heavy atom. The second-order valence-corrected chi connectivity index (χ2v) is 10.2. The van der Waals surface area contributed by atoms with Crippen LogP contribution in [-0.4, -0.2) is 55.3 Å². The number of carbonyl (C=O) groups excluding carboxylic acids is 1. The van der Waals surface area contributed by atoms with Crippen molar-refractivity contribution in [2.75, 3.05) is 24.3 Å². The average molecular weight is 536 g/mol. The van der Waals surface area contributed by atoms with Crippen molar-refractivity contribution in [1.82, 2.24) is 30.4 Å². The van der Waals surface area contributed by atoms with Crippen molar-refractivity contribution < 1.29 is 14.3 Å². The molecule has 1 N–H and O–H groups in total. The van der Waals surface area contributed by atoms with E-state index >= 15 is 0 Å². The molecule has 0 fully saturated rings. The number of esters is 1. The summed E-state index contributed by atoms with van der Waals surface area (Å²) in [5, 5.41) is 24.9. The molecule has 1 aliphatic heterocycles. The quantitative estimate of drug-likeness (QED) is 0.228. The topological polar surface area (TPSA) is 117 Å². The van der Waals surface area contributed by atoms with Gasteiger partial charge in [0, 0.05) is 17.0 Å². The van der Waals surface area contributed by atoms with Crippen LogP contribution in [0.2, 0.25) is 0 Å². The van der Waals surface area contributed by atoms with E-state index in [4.69, 9.17) is 9.47 Å². The van der Waals surface area contributed by atoms with Crippen LogP contribution >= 0.6 is 23.1 Å². The highest BCUT2D eigenvalue weighted by Gasteiger charge is 2.36. The second-order valence-electron chi connectivity index (χ2n) is 8.04. The SMILES string of the molecule is CCCOc1cccc(C2C(C(=O)OCC)=C(CSc3nnc(-c4ccccc4)s3)Nc3nnnn32)c1. The molecule has 5 rings (SSSR count). The number of anilines is 1. The van der Waals surface area contributed by atoms with Crippen molar-refractivity contribution >= 4 is 35.0 Å². The van der Waals surface area contributed by atoms with Gasteiger partial charge in [-0.05, 0) is 41.5 Å². The zero-order valence-electron chi connectivity index (χ0n) is 20.3. The van der Waals surface area contributed by atoms with Gasteiger partial charge in [-0.15, -0.1) is 10.2 Å². The molecule has 190 valence electrons. The zero-order chi connectivity index (χ0) is 25.6. The monoisotopic (exact) mass is 535 g/mol. The highest BCUT2D eigenvalue weighted by atomic mass is 32.2. The number of fused-ring (bicyclic) bond motifs is 1. The molecule has 0 saturated heterocycles. The summed E-state index contributed by atoms with van der Waals surface area (Å²) < 4.78 is 13.7. The molecule has 4 aromatic rings. The van der Waals surface area contributed by atoms with Crippen LogP contribution in [0.15, 0.2) is 70.2 Å². The molecule has 1 unspecified atom stereocenters. The Hall–Kier alpha value is -3.77. The van der Waals surface area contributed by atoms with Crippen LogP contribution in [0.25, 0.3) is 10.6 Å². The fourth-order valence-corrected chi connectivity index (χ4v) is 5.72. The summed E-state index contributed by atoms with van der Waals surface area (Å²) in [6, 6.07) is 17.0. The van der Waals surface area contributed by atoms with Crippen molar-refractivity contribution in [3.05, 3.63) is 71.4 Å². The van der Waals surface area contributed by atoms with Gasteiger partial charge in [0.2, 0.25) is 5.95 Å². The lowest BCUT2D eigenvalue weighted by atomic mass is 9.95. The van der Waals surface area contributed by atoms with Gasteiger partial charge >= 0.3 is 5.97 Å². The highest BCUT2D eigenvalue weighted by molar-refractivity contribution is 8.01. The standard InChI is InChI=1S/C25H25N7O3S2/c1-3-13-35-18-12-8-11-17(14-18)21-20(23(33)34-4-2)19(26-24-28-30-31-32(21)24)15-36-25-29-27-22(37-25)16-9-6-5-7-10-16/h5-12,14,21H,3-4,13,15H2,1-2H3,(H,26,28,31). The molecule has 1 atom stereocenters. The summed E-state index contributed by atoms with van der Waals surface area (Å²) in [7, 11) is 0. The maximum absolute atomic E-state index is 13.3. The van der Waals surface area contributed by atoms with Crippen molar-refractivity contribution in [2.45, 2.75) is 30.6 Å². The van der Waals surface area contributed by atoms with Gasteiger partial charge in [-0.1, -0.05) is 77.6 Å². The number of hydrogen-bond donors (Lipinski definition) is 1. The van der Waals surface area contributed by atoms with Gasteiger partial charge in [0.25, 0.3) is 0 Å². The molecular weight excluding hydrogens is 510 g/mol. The lowest BCUT2D eigenvalue weighted by Crippen LogP contribution is -2.31. The van der Waals surface area contributed by atoms with Crippen LogP contribution in [0.3, 0.4) is 0 Å². The van der Waals surface area contributed by atoms with Crippen molar-refractivity contribution in [2.24, 2.45) is 0 Å². The maximum atomic E-state index is 13.3. The van der Waals surface area contributed by atoms with Gasteiger partial charge in [-0.2, -0.15) is 4.68 Å². The molecule has 2 aromatic heterocycles. The van der Waals surface area contributed by atoms with E-state index in [1.54, 1.807) is 11.6 Å². The number of carbonyl (C=O) groups is 1. The number of nitrogens with zero attached hydrogens (tertiary/aromatic N) is 6. The molecule has 0 radical (unpaired) electrons. The highest BCUT2D eigenvalue weighted by Crippen LogP contribution is 2.38. The van der Waals surface area contributed by atoms with Gasteiger partial charge in [-0.25, -0.2) is 4.79 Å². The number of rotatable bonds is 10. The summed E-state index contributed by atoms with van der Waals surface area (Å²) >= 11 is 2.99. The van der Waals surface area contributed by atoms with Crippen LogP contribution in [0.5, 0.6) is 5.75 Å². The minimum atomic E-state index is -0.583. The number of thioether (sulfide) groups is 1. The van der Waals surface area contributed by atoms with Crippen molar-refractivity contribution in [3.63, 3.8) is 0 Å². The Kier molecular flexibility index (Phi) is 7.76. The largest absolute Gasteiger partial charge is 0.494 e. The summed E-state index contributed by atoms with van der Waals surface area (Å²) in [6.45, 7) is 4.68. The summed E-state index contributed by atoms with van der Waals surface area (Å²) in [6.07, 6.45) is 0.891. The first-order valence-corrected chi connectivity index (χ1v) is 13.7. The van der Waals surface area contributed by atoms with Crippen LogP contribution in [0, 0.1) is 0 Å². The van der Waals surface area contributed by atoms with Gasteiger partial charge < -0.3 is 14.8 Å². The van der Waals surface area contributed by atoms with Crippen LogP contribution < -0.4 is 10.1 Å². The number of tetrazole rings is 1. The zero-order valence-corrected chi connectivity index (χ0v) is 22.0. The Bertz CT molecular complexity index is 1400. The minimum Gasteiger partial charge on any atom is -0.494 e. The third kappa shape index (κ3) is 5.49. The predicted octanol–water partition coefficient (Wildman–Crippen LogP) is 4.60. The third-order valence-electron chi connectivity index (χ3n) is 5.51. The number of ether oxygens (including phenoxy) is 2.